The second kappa shape index (κ2) is 7.36. The van der Waals surface area contributed by atoms with Gasteiger partial charge in [-0.2, -0.15) is 0 Å². The van der Waals surface area contributed by atoms with Crippen LogP contribution in [0.1, 0.15) is 17.2 Å². The summed E-state index contributed by atoms with van der Waals surface area (Å²) in [7, 11) is 1.98. The Balaban J connectivity index is 2.15. The van der Waals surface area contributed by atoms with E-state index in [2.05, 4.69) is 33.0 Å². The fourth-order valence-corrected chi connectivity index (χ4v) is 2.66. The Hall–Kier alpha value is -0.940. The zero-order chi connectivity index (χ0) is 15.4. The third-order valence-electron chi connectivity index (χ3n) is 3.43. The van der Waals surface area contributed by atoms with Gasteiger partial charge in [-0.1, -0.05) is 45.7 Å². The molecule has 0 heterocycles. The summed E-state index contributed by atoms with van der Waals surface area (Å²) in [6.45, 7) is 1.15. The van der Waals surface area contributed by atoms with Crippen molar-refractivity contribution in [3.05, 3.63) is 68.9 Å². The first-order valence-corrected chi connectivity index (χ1v) is 7.78. The predicted octanol–water partition coefficient (Wildman–Crippen LogP) is 4.37. The largest absolute Gasteiger partial charge is 0.329 e. The van der Waals surface area contributed by atoms with E-state index in [4.69, 9.17) is 17.3 Å². The first-order chi connectivity index (χ1) is 10.0. The lowest BCUT2D eigenvalue weighted by molar-refractivity contribution is 0.241. The van der Waals surface area contributed by atoms with Crippen LogP contribution >= 0.6 is 27.5 Å². The first-order valence-electron chi connectivity index (χ1n) is 6.61. The maximum absolute atomic E-state index is 13.6. The van der Waals surface area contributed by atoms with Crippen molar-refractivity contribution >= 4 is 27.5 Å². The normalized spacial score (nSPS) is 12.7. The molecule has 0 aliphatic heterocycles. The minimum absolute atomic E-state index is 0.0552. The fraction of sp³-hybridized carbons (Fsp3) is 0.250. The Kier molecular flexibility index (Phi) is 5.76. The Morgan fingerprint density at radius 3 is 2.48 bits per heavy atom. The van der Waals surface area contributed by atoms with Crippen molar-refractivity contribution in [3.8, 4) is 0 Å². The van der Waals surface area contributed by atoms with Crippen molar-refractivity contribution in [2.45, 2.75) is 12.6 Å². The van der Waals surface area contributed by atoms with Crippen LogP contribution in [0.5, 0.6) is 0 Å². The van der Waals surface area contributed by atoms with Gasteiger partial charge in [-0.25, -0.2) is 4.39 Å². The Morgan fingerprint density at radius 2 is 1.90 bits per heavy atom. The zero-order valence-electron chi connectivity index (χ0n) is 11.7. The molecule has 2 nitrogen and oxygen atoms in total. The maximum atomic E-state index is 13.6. The summed E-state index contributed by atoms with van der Waals surface area (Å²) in [5.74, 6) is -0.412. The van der Waals surface area contributed by atoms with E-state index in [1.165, 1.54) is 11.6 Å². The number of hydrogen-bond donors (Lipinski definition) is 1. The SMILES string of the molecule is CN(Cc1ccc(Br)cc1)C(CN)c1ccc(Cl)c(F)c1. The van der Waals surface area contributed by atoms with Gasteiger partial charge in [0, 0.05) is 23.6 Å². The van der Waals surface area contributed by atoms with Crippen molar-refractivity contribution in [2.24, 2.45) is 5.73 Å². The molecule has 0 spiro atoms. The van der Waals surface area contributed by atoms with E-state index < -0.39 is 5.82 Å². The standard InChI is InChI=1S/C16H17BrClFN2/c1-21(10-11-2-5-13(17)6-3-11)16(9-20)12-4-7-14(18)15(19)8-12/h2-8,16H,9-10,20H2,1H3. The summed E-state index contributed by atoms with van der Waals surface area (Å²) in [6.07, 6.45) is 0. The highest BCUT2D eigenvalue weighted by molar-refractivity contribution is 9.10. The lowest BCUT2D eigenvalue weighted by atomic mass is 10.0. The summed E-state index contributed by atoms with van der Waals surface area (Å²) < 4.78 is 14.7. The molecule has 0 aliphatic carbocycles. The van der Waals surface area contributed by atoms with Gasteiger partial charge in [0.15, 0.2) is 0 Å². The number of hydrogen-bond acceptors (Lipinski definition) is 2. The van der Waals surface area contributed by atoms with Crippen LogP contribution < -0.4 is 5.73 Å². The van der Waals surface area contributed by atoms with E-state index in [0.717, 1.165) is 16.6 Å². The molecule has 5 heteroatoms. The third kappa shape index (κ3) is 4.27. The second-order valence-corrected chi connectivity index (χ2v) is 6.29. The molecule has 112 valence electrons. The van der Waals surface area contributed by atoms with E-state index in [-0.39, 0.29) is 11.1 Å². The molecule has 0 amide bonds. The van der Waals surface area contributed by atoms with Crippen LogP contribution in [0.4, 0.5) is 4.39 Å². The third-order valence-corrected chi connectivity index (χ3v) is 4.26. The van der Waals surface area contributed by atoms with Gasteiger partial charge in [0.1, 0.15) is 5.82 Å². The maximum Gasteiger partial charge on any atom is 0.142 e. The van der Waals surface area contributed by atoms with Crippen molar-refractivity contribution in [1.29, 1.82) is 0 Å². The van der Waals surface area contributed by atoms with Crippen molar-refractivity contribution < 1.29 is 4.39 Å². The highest BCUT2D eigenvalue weighted by Crippen LogP contribution is 2.24. The Labute approximate surface area is 137 Å². The summed E-state index contributed by atoms with van der Waals surface area (Å²) in [5.41, 5.74) is 7.87. The molecule has 0 bridgehead atoms. The number of nitrogens with two attached hydrogens (primary N) is 1. The predicted molar refractivity (Wildman–Crippen MR) is 88.8 cm³/mol. The average Bonchev–Trinajstić information content (AvgIpc) is 2.46. The van der Waals surface area contributed by atoms with E-state index in [0.29, 0.717) is 6.54 Å². The van der Waals surface area contributed by atoms with Crippen molar-refractivity contribution in [3.63, 3.8) is 0 Å². The number of benzene rings is 2. The molecular weight excluding hydrogens is 355 g/mol. The van der Waals surface area contributed by atoms with Crippen LogP contribution in [-0.2, 0) is 6.54 Å². The van der Waals surface area contributed by atoms with Crippen LogP contribution in [0.3, 0.4) is 0 Å². The first kappa shape index (κ1) is 16.4. The van der Waals surface area contributed by atoms with Crippen LogP contribution in [-0.4, -0.2) is 18.5 Å². The van der Waals surface area contributed by atoms with Crippen LogP contribution in [0.25, 0.3) is 0 Å². The lowest BCUT2D eigenvalue weighted by Gasteiger charge is -2.27. The van der Waals surface area contributed by atoms with E-state index in [1.54, 1.807) is 6.07 Å². The molecule has 0 aromatic heterocycles. The minimum Gasteiger partial charge on any atom is -0.329 e. The van der Waals surface area contributed by atoms with Gasteiger partial charge in [0.05, 0.1) is 5.02 Å². The van der Waals surface area contributed by atoms with Gasteiger partial charge in [0.25, 0.3) is 0 Å². The number of halogens is 3. The molecule has 0 radical (unpaired) electrons. The van der Waals surface area contributed by atoms with Gasteiger partial charge in [-0.3, -0.25) is 4.90 Å². The average molecular weight is 372 g/mol. The Bertz CT molecular complexity index is 604. The summed E-state index contributed by atoms with van der Waals surface area (Å²) in [4.78, 5) is 2.10. The molecule has 0 aliphatic rings. The molecule has 21 heavy (non-hydrogen) atoms. The minimum atomic E-state index is -0.412. The monoisotopic (exact) mass is 370 g/mol. The smallest absolute Gasteiger partial charge is 0.142 e. The molecule has 2 N–H and O–H groups in total. The van der Waals surface area contributed by atoms with Crippen LogP contribution in [0, 0.1) is 5.82 Å². The van der Waals surface area contributed by atoms with Gasteiger partial charge in [-0.05, 0) is 42.4 Å². The highest BCUT2D eigenvalue weighted by Gasteiger charge is 2.17. The molecule has 1 atom stereocenters. The van der Waals surface area contributed by atoms with Crippen LogP contribution in [0.15, 0.2) is 46.9 Å². The molecule has 0 saturated carbocycles. The van der Waals surface area contributed by atoms with Gasteiger partial charge >= 0.3 is 0 Å². The second-order valence-electron chi connectivity index (χ2n) is 4.97. The van der Waals surface area contributed by atoms with Gasteiger partial charge < -0.3 is 5.73 Å². The van der Waals surface area contributed by atoms with Gasteiger partial charge in [0.2, 0.25) is 0 Å². The molecule has 2 aromatic carbocycles. The van der Waals surface area contributed by atoms with Crippen LogP contribution in [0.2, 0.25) is 5.02 Å². The molecular formula is C16H17BrClFN2. The number of likely N-dealkylation sites (N-methyl/N-ethyl adjacent to an activating group) is 1. The summed E-state index contributed by atoms with van der Waals surface area (Å²) in [5, 5.41) is 0.130. The summed E-state index contributed by atoms with van der Waals surface area (Å²) >= 11 is 9.15. The molecule has 2 aromatic rings. The molecule has 0 fully saturated rings. The van der Waals surface area contributed by atoms with E-state index in [1.807, 2.05) is 25.2 Å². The van der Waals surface area contributed by atoms with Gasteiger partial charge in [-0.15, -0.1) is 0 Å². The zero-order valence-corrected chi connectivity index (χ0v) is 14.0. The molecule has 1 unspecified atom stereocenters. The highest BCUT2D eigenvalue weighted by atomic mass is 79.9. The number of rotatable bonds is 5. The number of nitrogens with zero attached hydrogens (tertiary/aromatic N) is 1. The van der Waals surface area contributed by atoms with Crippen molar-refractivity contribution in [2.75, 3.05) is 13.6 Å². The summed E-state index contributed by atoms with van der Waals surface area (Å²) in [6, 6.07) is 12.9. The molecule has 2 rings (SSSR count). The van der Waals surface area contributed by atoms with E-state index >= 15 is 0 Å². The topological polar surface area (TPSA) is 29.3 Å². The van der Waals surface area contributed by atoms with Crippen molar-refractivity contribution in [1.82, 2.24) is 4.90 Å². The molecule has 0 saturated heterocycles. The quantitative estimate of drug-likeness (QED) is 0.845. The lowest BCUT2D eigenvalue weighted by Crippen LogP contribution is -2.30. The Morgan fingerprint density at radius 1 is 1.24 bits per heavy atom. The fourth-order valence-electron chi connectivity index (χ4n) is 2.28. The van der Waals surface area contributed by atoms with E-state index in [9.17, 15) is 4.39 Å².